The minimum Gasteiger partial charge on any atom is -0.505 e. The summed E-state index contributed by atoms with van der Waals surface area (Å²) in [5.74, 6) is -1.00. The standard InChI is InChI=1S/C16H12N2O10S3/c19-16-14-9(2-1-3-12(14)30(23,24)25)8-13(31(26,27)28)15(16)18-17-10-4-6-11(7-5-10)29(20,21)22/h1-8,19H,(H,20,21,22)(H,23,24,25)(H,26,27,28). The Labute approximate surface area is 175 Å². The number of aromatic hydroxyl groups is 1. The van der Waals surface area contributed by atoms with Crippen LogP contribution in [0, 0.1) is 0 Å². The predicted molar refractivity (Wildman–Crippen MR) is 106 cm³/mol. The number of benzene rings is 3. The molecule has 0 aromatic heterocycles. The normalized spacial score (nSPS) is 13.1. The molecule has 0 bridgehead atoms. The summed E-state index contributed by atoms with van der Waals surface area (Å²) < 4.78 is 96.8. The molecule has 0 unspecified atom stereocenters. The van der Waals surface area contributed by atoms with Gasteiger partial charge < -0.3 is 5.11 Å². The van der Waals surface area contributed by atoms with E-state index in [4.69, 9.17) is 4.55 Å². The third kappa shape index (κ3) is 4.71. The number of hydrogen-bond donors (Lipinski definition) is 4. The van der Waals surface area contributed by atoms with Crippen molar-refractivity contribution < 1.29 is 44.0 Å². The Kier molecular flexibility index (Phi) is 5.59. The van der Waals surface area contributed by atoms with Gasteiger partial charge in [-0.1, -0.05) is 12.1 Å². The Morgan fingerprint density at radius 2 is 1.26 bits per heavy atom. The van der Waals surface area contributed by atoms with Crippen molar-refractivity contribution in [2.45, 2.75) is 14.7 Å². The van der Waals surface area contributed by atoms with Gasteiger partial charge in [-0.3, -0.25) is 13.7 Å². The van der Waals surface area contributed by atoms with Gasteiger partial charge in [0, 0.05) is 5.39 Å². The molecule has 0 saturated carbocycles. The number of hydrogen-bond acceptors (Lipinski definition) is 9. The molecule has 0 spiro atoms. The lowest BCUT2D eigenvalue weighted by atomic mass is 10.1. The van der Waals surface area contributed by atoms with Crippen LogP contribution < -0.4 is 0 Å². The van der Waals surface area contributed by atoms with Crippen LogP contribution in [0.5, 0.6) is 5.75 Å². The second kappa shape index (κ2) is 7.63. The molecular weight excluding hydrogens is 476 g/mol. The average Bonchev–Trinajstić information content (AvgIpc) is 2.64. The first-order chi connectivity index (χ1) is 14.2. The summed E-state index contributed by atoms with van der Waals surface area (Å²) in [5, 5.41) is 17.1. The first-order valence-electron chi connectivity index (χ1n) is 7.92. The third-order valence-corrected chi connectivity index (χ3v) is 6.63. The van der Waals surface area contributed by atoms with E-state index in [1.54, 1.807) is 0 Å². The second-order valence-electron chi connectivity index (χ2n) is 6.05. The maximum absolute atomic E-state index is 11.8. The molecule has 3 aromatic rings. The van der Waals surface area contributed by atoms with Crippen LogP contribution in [-0.2, 0) is 30.4 Å². The van der Waals surface area contributed by atoms with Gasteiger partial charge in [-0.15, -0.1) is 5.11 Å². The molecule has 0 atom stereocenters. The van der Waals surface area contributed by atoms with E-state index >= 15 is 0 Å². The Morgan fingerprint density at radius 3 is 1.77 bits per heavy atom. The van der Waals surface area contributed by atoms with E-state index in [-0.39, 0.29) is 11.1 Å². The van der Waals surface area contributed by atoms with Crippen molar-refractivity contribution in [1.82, 2.24) is 0 Å². The highest BCUT2D eigenvalue weighted by molar-refractivity contribution is 7.86. The quantitative estimate of drug-likeness (QED) is 0.305. The van der Waals surface area contributed by atoms with Crippen molar-refractivity contribution >= 4 is 52.5 Å². The first-order valence-corrected chi connectivity index (χ1v) is 12.2. The molecule has 0 saturated heterocycles. The summed E-state index contributed by atoms with van der Waals surface area (Å²) in [4.78, 5) is -2.09. The number of nitrogens with zero attached hydrogens (tertiary/aromatic N) is 2. The molecule has 0 heterocycles. The van der Waals surface area contributed by atoms with Gasteiger partial charge in [0.05, 0.1) is 10.6 Å². The van der Waals surface area contributed by atoms with Crippen LogP contribution in [0.4, 0.5) is 11.4 Å². The zero-order valence-corrected chi connectivity index (χ0v) is 17.4. The Hall–Kier alpha value is -2.95. The summed E-state index contributed by atoms with van der Waals surface area (Å²) in [6.45, 7) is 0. The van der Waals surface area contributed by atoms with Crippen molar-refractivity contribution in [3.05, 3.63) is 48.5 Å². The van der Waals surface area contributed by atoms with E-state index < -0.39 is 61.9 Å². The Morgan fingerprint density at radius 1 is 0.677 bits per heavy atom. The van der Waals surface area contributed by atoms with Gasteiger partial charge in [0.2, 0.25) is 0 Å². The molecule has 31 heavy (non-hydrogen) atoms. The van der Waals surface area contributed by atoms with Crippen LogP contribution >= 0.6 is 0 Å². The van der Waals surface area contributed by atoms with Crippen LogP contribution in [0.15, 0.2) is 73.4 Å². The van der Waals surface area contributed by atoms with Gasteiger partial charge >= 0.3 is 0 Å². The van der Waals surface area contributed by atoms with Crippen LogP contribution in [0.2, 0.25) is 0 Å². The lowest BCUT2D eigenvalue weighted by molar-refractivity contribution is 0.469. The highest BCUT2D eigenvalue weighted by atomic mass is 32.2. The van der Waals surface area contributed by atoms with Crippen molar-refractivity contribution in [3.8, 4) is 5.75 Å². The van der Waals surface area contributed by atoms with Crippen molar-refractivity contribution in [1.29, 1.82) is 0 Å². The van der Waals surface area contributed by atoms with Crippen molar-refractivity contribution in [3.63, 3.8) is 0 Å². The molecule has 0 amide bonds. The van der Waals surface area contributed by atoms with Gasteiger partial charge in [0.15, 0.2) is 5.75 Å². The highest BCUT2D eigenvalue weighted by Crippen LogP contribution is 2.43. The largest absolute Gasteiger partial charge is 0.505 e. The highest BCUT2D eigenvalue weighted by Gasteiger charge is 2.26. The minimum atomic E-state index is -4.96. The molecule has 15 heteroatoms. The van der Waals surface area contributed by atoms with E-state index in [1.165, 1.54) is 12.1 Å². The lowest BCUT2D eigenvalue weighted by Crippen LogP contribution is -2.02. The lowest BCUT2D eigenvalue weighted by Gasteiger charge is -2.11. The van der Waals surface area contributed by atoms with Crippen LogP contribution in [0.1, 0.15) is 0 Å². The summed E-state index contributed by atoms with van der Waals surface area (Å²) in [5.41, 5.74) is -0.874. The van der Waals surface area contributed by atoms with Crippen LogP contribution in [-0.4, -0.2) is 44.0 Å². The number of fused-ring (bicyclic) bond motifs is 1. The predicted octanol–water partition coefficient (Wildman–Crippen LogP) is 2.70. The van der Waals surface area contributed by atoms with Crippen LogP contribution in [0.3, 0.4) is 0 Å². The molecule has 3 rings (SSSR count). The fraction of sp³-hybridized carbons (Fsp3) is 0. The fourth-order valence-electron chi connectivity index (χ4n) is 2.67. The second-order valence-corrected chi connectivity index (χ2v) is 10.2. The van der Waals surface area contributed by atoms with Gasteiger partial charge in [-0.05, 0) is 41.8 Å². The Bertz CT molecular complexity index is 1540. The van der Waals surface area contributed by atoms with E-state index in [0.29, 0.717) is 0 Å². The molecule has 3 aromatic carbocycles. The SMILES string of the molecule is O=S(=O)(O)c1ccc(N=Nc2c(S(=O)(=O)O)cc3cccc(S(=O)(=O)O)c3c2O)cc1. The molecule has 164 valence electrons. The molecule has 0 aliphatic carbocycles. The van der Waals surface area contributed by atoms with E-state index in [0.717, 1.165) is 36.4 Å². The van der Waals surface area contributed by atoms with Crippen molar-refractivity contribution in [2.24, 2.45) is 10.2 Å². The number of phenols is 1. The van der Waals surface area contributed by atoms with E-state index in [1.807, 2.05) is 0 Å². The zero-order chi connectivity index (χ0) is 23.2. The molecule has 0 aliphatic rings. The summed E-state index contributed by atoms with van der Waals surface area (Å²) in [6, 6.07) is 8.34. The summed E-state index contributed by atoms with van der Waals surface area (Å²) >= 11 is 0. The van der Waals surface area contributed by atoms with Crippen LogP contribution in [0.25, 0.3) is 10.8 Å². The molecular formula is C16H12N2O10S3. The summed E-state index contributed by atoms with van der Waals surface area (Å²) in [7, 11) is -14.3. The van der Waals surface area contributed by atoms with Gasteiger partial charge in [0.25, 0.3) is 30.4 Å². The smallest absolute Gasteiger partial charge is 0.296 e. The van der Waals surface area contributed by atoms with E-state index in [2.05, 4.69) is 10.2 Å². The fourth-order valence-corrected chi connectivity index (χ4v) is 4.53. The third-order valence-electron chi connectivity index (χ3n) is 4.00. The topological polar surface area (TPSA) is 208 Å². The minimum absolute atomic E-state index is 0.0451. The number of rotatable bonds is 5. The maximum Gasteiger partial charge on any atom is 0.296 e. The molecule has 0 fully saturated rings. The average molecular weight is 488 g/mol. The molecule has 12 nitrogen and oxygen atoms in total. The molecule has 0 aliphatic heterocycles. The number of azo groups is 1. The molecule has 4 N–H and O–H groups in total. The summed E-state index contributed by atoms with van der Waals surface area (Å²) in [6.07, 6.45) is 0. The van der Waals surface area contributed by atoms with Gasteiger partial charge in [-0.25, -0.2) is 0 Å². The number of phenolic OH excluding ortho intramolecular Hbond substituents is 1. The Balaban J connectivity index is 2.27. The molecule has 0 radical (unpaired) electrons. The maximum atomic E-state index is 11.8. The van der Waals surface area contributed by atoms with Gasteiger partial charge in [-0.2, -0.15) is 30.4 Å². The first kappa shape index (κ1) is 22.7. The van der Waals surface area contributed by atoms with Gasteiger partial charge in [0.1, 0.15) is 15.5 Å². The van der Waals surface area contributed by atoms with Crippen molar-refractivity contribution in [2.75, 3.05) is 0 Å². The zero-order valence-electron chi connectivity index (χ0n) is 15.0. The monoisotopic (exact) mass is 488 g/mol. The van der Waals surface area contributed by atoms with E-state index in [9.17, 15) is 39.5 Å².